The zero-order chi connectivity index (χ0) is 12.4. The second-order valence-electron chi connectivity index (χ2n) is 4.44. The van der Waals surface area contributed by atoms with Gasteiger partial charge in [-0.3, -0.25) is 0 Å². The number of hydrogen-bond donors (Lipinski definition) is 1. The van der Waals surface area contributed by atoms with E-state index in [1.165, 1.54) is 22.5 Å². The van der Waals surface area contributed by atoms with Crippen LogP contribution in [-0.4, -0.2) is 16.6 Å². The minimum atomic E-state index is 0.906. The third kappa shape index (κ3) is 2.24. The van der Waals surface area contributed by atoms with E-state index < -0.39 is 0 Å². The van der Waals surface area contributed by atoms with Crippen molar-refractivity contribution in [1.82, 2.24) is 14.9 Å². The normalized spacial score (nSPS) is 10.8. The molecule has 0 fully saturated rings. The van der Waals surface area contributed by atoms with E-state index in [9.17, 15) is 0 Å². The van der Waals surface area contributed by atoms with Gasteiger partial charge in [-0.15, -0.1) is 0 Å². The molecule has 0 amide bonds. The molecule has 1 aromatic carbocycles. The van der Waals surface area contributed by atoms with Gasteiger partial charge in [-0.1, -0.05) is 12.1 Å². The molecule has 0 aliphatic carbocycles. The molecular formula is C14H19N3. The van der Waals surface area contributed by atoms with E-state index in [2.05, 4.69) is 46.9 Å². The molecule has 0 aliphatic heterocycles. The van der Waals surface area contributed by atoms with Gasteiger partial charge in [0.05, 0.1) is 12.0 Å². The summed E-state index contributed by atoms with van der Waals surface area (Å²) >= 11 is 0. The van der Waals surface area contributed by atoms with Crippen molar-refractivity contribution in [2.75, 3.05) is 7.05 Å². The molecule has 0 saturated heterocycles. The summed E-state index contributed by atoms with van der Waals surface area (Å²) in [5.74, 6) is 0. The molecule has 3 nitrogen and oxygen atoms in total. The summed E-state index contributed by atoms with van der Waals surface area (Å²) in [5, 5.41) is 3.17. The zero-order valence-electron chi connectivity index (χ0n) is 10.9. The molecule has 0 aliphatic rings. The fourth-order valence-electron chi connectivity index (χ4n) is 2.04. The van der Waals surface area contributed by atoms with Crippen LogP contribution >= 0.6 is 0 Å². The topological polar surface area (TPSA) is 29.9 Å². The van der Waals surface area contributed by atoms with Gasteiger partial charge in [-0.25, -0.2) is 4.98 Å². The Hall–Kier alpha value is -1.61. The van der Waals surface area contributed by atoms with Crippen LogP contribution in [0.1, 0.15) is 22.5 Å². The SMILES string of the molecule is CNCc1ccc(-n2cnc(C)c2C)c(C)c1. The Bertz CT molecular complexity index is 526. The standard InChI is InChI=1S/C14H19N3/c1-10-7-13(8-15-4)5-6-14(10)17-9-16-11(2)12(17)3/h5-7,9,15H,8H2,1-4H3. The van der Waals surface area contributed by atoms with E-state index in [-0.39, 0.29) is 0 Å². The molecule has 2 aromatic rings. The maximum Gasteiger partial charge on any atom is 0.0997 e. The van der Waals surface area contributed by atoms with Gasteiger partial charge in [0.1, 0.15) is 0 Å². The fraction of sp³-hybridized carbons (Fsp3) is 0.357. The van der Waals surface area contributed by atoms with Crippen LogP contribution in [0.5, 0.6) is 0 Å². The van der Waals surface area contributed by atoms with E-state index >= 15 is 0 Å². The van der Waals surface area contributed by atoms with Crippen LogP contribution in [0.25, 0.3) is 5.69 Å². The molecule has 1 N–H and O–H groups in total. The molecule has 2 rings (SSSR count). The van der Waals surface area contributed by atoms with Gasteiger partial charge in [0.25, 0.3) is 0 Å². The summed E-state index contributed by atoms with van der Waals surface area (Å²) in [5.41, 5.74) is 6.09. The fourth-order valence-corrected chi connectivity index (χ4v) is 2.04. The van der Waals surface area contributed by atoms with E-state index in [1.807, 2.05) is 20.3 Å². The van der Waals surface area contributed by atoms with Gasteiger partial charge in [0.15, 0.2) is 0 Å². The molecule has 0 saturated carbocycles. The number of aryl methyl sites for hydroxylation is 2. The lowest BCUT2D eigenvalue weighted by Crippen LogP contribution is -2.06. The Morgan fingerprint density at radius 3 is 2.53 bits per heavy atom. The molecule has 0 spiro atoms. The molecule has 0 atom stereocenters. The summed E-state index contributed by atoms with van der Waals surface area (Å²) in [6.07, 6.45) is 1.89. The van der Waals surface area contributed by atoms with Crippen LogP contribution in [-0.2, 0) is 6.54 Å². The van der Waals surface area contributed by atoms with Crippen molar-refractivity contribution in [3.8, 4) is 5.69 Å². The van der Waals surface area contributed by atoms with Crippen molar-refractivity contribution in [2.45, 2.75) is 27.3 Å². The van der Waals surface area contributed by atoms with E-state index in [4.69, 9.17) is 0 Å². The quantitative estimate of drug-likeness (QED) is 0.876. The van der Waals surface area contributed by atoms with Crippen molar-refractivity contribution >= 4 is 0 Å². The molecule has 0 bridgehead atoms. The van der Waals surface area contributed by atoms with Crippen LogP contribution in [0.3, 0.4) is 0 Å². The van der Waals surface area contributed by atoms with Crippen LogP contribution in [0, 0.1) is 20.8 Å². The first-order chi connectivity index (χ1) is 8.13. The number of hydrogen-bond acceptors (Lipinski definition) is 2. The summed E-state index contributed by atoms with van der Waals surface area (Å²) in [6, 6.07) is 6.55. The van der Waals surface area contributed by atoms with Crippen LogP contribution in [0.4, 0.5) is 0 Å². The number of nitrogens with one attached hydrogen (secondary N) is 1. The molecule has 0 radical (unpaired) electrons. The Morgan fingerprint density at radius 1 is 1.24 bits per heavy atom. The minimum absolute atomic E-state index is 0.906. The molecule has 90 valence electrons. The van der Waals surface area contributed by atoms with Crippen LogP contribution in [0.2, 0.25) is 0 Å². The first-order valence-corrected chi connectivity index (χ1v) is 5.88. The average molecular weight is 229 g/mol. The van der Waals surface area contributed by atoms with Crippen molar-refractivity contribution in [1.29, 1.82) is 0 Å². The van der Waals surface area contributed by atoms with Gasteiger partial charge in [0.2, 0.25) is 0 Å². The van der Waals surface area contributed by atoms with Crippen molar-refractivity contribution < 1.29 is 0 Å². The lowest BCUT2D eigenvalue weighted by atomic mass is 10.1. The number of imidazole rings is 1. The third-order valence-electron chi connectivity index (χ3n) is 3.15. The van der Waals surface area contributed by atoms with E-state index in [0.717, 1.165) is 12.2 Å². The van der Waals surface area contributed by atoms with Gasteiger partial charge in [0, 0.05) is 17.9 Å². The highest BCUT2D eigenvalue weighted by Crippen LogP contribution is 2.19. The molecule has 3 heteroatoms. The predicted molar refractivity (Wildman–Crippen MR) is 70.5 cm³/mol. The van der Waals surface area contributed by atoms with Crippen molar-refractivity contribution in [3.05, 3.63) is 47.0 Å². The summed E-state index contributed by atoms with van der Waals surface area (Å²) in [4.78, 5) is 4.34. The highest BCUT2D eigenvalue weighted by atomic mass is 15.1. The van der Waals surface area contributed by atoms with Gasteiger partial charge < -0.3 is 9.88 Å². The van der Waals surface area contributed by atoms with Gasteiger partial charge >= 0.3 is 0 Å². The minimum Gasteiger partial charge on any atom is -0.316 e. The molecule has 0 unspecified atom stereocenters. The highest BCUT2D eigenvalue weighted by Gasteiger charge is 2.07. The van der Waals surface area contributed by atoms with Crippen molar-refractivity contribution in [2.24, 2.45) is 0 Å². The first-order valence-electron chi connectivity index (χ1n) is 5.88. The largest absolute Gasteiger partial charge is 0.316 e. The number of nitrogens with zero attached hydrogens (tertiary/aromatic N) is 2. The van der Waals surface area contributed by atoms with E-state index in [1.54, 1.807) is 0 Å². The number of rotatable bonds is 3. The second-order valence-corrected chi connectivity index (χ2v) is 4.44. The Kier molecular flexibility index (Phi) is 3.29. The number of aromatic nitrogens is 2. The van der Waals surface area contributed by atoms with E-state index in [0.29, 0.717) is 0 Å². The zero-order valence-corrected chi connectivity index (χ0v) is 10.9. The molecule has 1 aromatic heterocycles. The second kappa shape index (κ2) is 4.72. The molecular weight excluding hydrogens is 210 g/mol. The summed E-state index contributed by atoms with van der Waals surface area (Å²) in [6.45, 7) is 7.19. The summed E-state index contributed by atoms with van der Waals surface area (Å²) < 4.78 is 2.15. The first kappa shape index (κ1) is 11.9. The molecule has 1 heterocycles. The maximum atomic E-state index is 4.34. The van der Waals surface area contributed by atoms with Gasteiger partial charge in [-0.05, 0) is 45.0 Å². The Morgan fingerprint density at radius 2 is 2.00 bits per heavy atom. The Labute approximate surface area is 103 Å². The molecule has 17 heavy (non-hydrogen) atoms. The lowest BCUT2D eigenvalue weighted by molar-refractivity contribution is 0.815. The van der Waals surface area contributed by atoms with Crippen LogP contribution in [0.15, 0.2) is 24.5 Å². The van der Waals surface area contributed by atoms with Crippen molar-refractivity contribution in [3.63, 3.8) is 0 Å². The lowest BCUT2D eigenvalue weighted by Gasteiger charge is -2.11. The number of benzene rings is 1. The monoisotopic (exact) mass is 229 g/mol. The van der Waals surface area contributed by atoms with Crippen LogP contribution < -0.4 is 5.32 Å². The maximum absolute atomic E-state index is 4.34. The summed E-state index contributed by atoms with van der Waals surface area (Å²) in [7, 11) is 1.96. The van der Waals surface area contributed by atoms with Gasteiger partial charge in [-0.2, -0.15) is 0 Å². The average Bonchev–Trinajstić information content (AvgIpc) is 2.61. The Balaban J connectivity index is 2.43. The third-order valence-corrected chi connectivity index (χ3v) is 3.15. The highest BCUT2D eigenvalue weighted by molar-refractivity contribution is 5.44. The predicted octanol–water partition coefficient (Wildman–Crippen LogP) is 2.52. The smallest absolute Gasteiger partial charge is 0.0997 e.